The van der Waals surface area contributed by atoms with Gasteiger partial charge in [-0.25, -0.2) is 8.78 Å². The van der Waals surface area contributed by atoms with E-state index in [4.69, 9.17) is 0 Å². The molecular weight excluding hydrogens is 326 g/mol. The first-order valence-corrected chi connectivity index (χ1v) is 7.96. The summed E-state index contributed by atoms with van der Waals surface area (Å²) >= 11 is 0. The van der Waals surface area contributed by atoms with Gasteiger partial charge in [-0.2, -0.15) is 0 Å². The van der Waals surface area contributed by atoms with Gasteiger partial charge in [0, 0.05) is 12.1 Å². The molecule has 25 heavy (non-hydrogen) atoms. The lowest BCUT2D eigenvalue weighted by Crippen LogP contribution is -2.49. The standard InChI is InChI=1S/C19H20F2N2O2/c1-12(2)17(23-18(24)14-8-4-6-10-16(14)21)19(25)22-11-13-7-3-5-9-15(13)20/h3-10,12,17H,11H2,1-2H3,(H,22,25)(H,23,24)/t17-/m1/s1. The molecule has 0 saturated carbocycles. The van der Waals surface area contributed by atoms with Gasteiger partial charge in [-0.05, 0) is 24.1 Å². The normalized spacial score (nSPS) is 11.9. The molecule has 0 spiro atoms. The Balaban J connectivity index is 2.04. The molecule has 2 N–H and O–H groups in total. The lowest BCUT2D eigenvalue weighted by Gasteiger charge is -2.22. The Labute approximate surface area is 145 Å². The number of hydrogen-bond acceptors (Lipinski definition) is 2. The molecule has 2 aromatic rings. The smallest absolute Gasteiger partial charge is 0.254 e. The SMILES string of the molecule is CC(C)[C@@H](NC(=O)c1ccccc1F)C(=O)NCc1ccccc1F. The minimum Gasteiger partial charge on any atom is -0.350 e. The summed E-state index contributed by atoms with van der Waals surface area (Å²) in [6.45, 7) is 3.52. The predicted octanol–water partition coefficient (Wildman–Crippen LogP) is 3.04. The Morgan fingerprint density at radius 3 is 2.16 bits per heavy atom. The van der Waals surface area contributed by atoms with E-state index in [1.54, 1.807) is 38.1 Å². The fraction of sp³-hybridized carbons (Fsp3) is 0.263. The number of carbonyl (C=O) groups excluding carboxylic acids is 2. The zero-order valence-electron chi connectivity index (χ0n) is 14.1. The van der Waals surface area contributed by atoms with Gasteiger partial charge in [0.25, 0.3) is 5.91 Å². The quantitative estimate of drug-likeness (QED) is 0.845. The molecule has 0 aliphatic rings. The molecule has 6 heteroatoms. The van der Waals surface area contributed by atoms with Gasteiger partial charge in [0.05, 0.1) is 5.56 Å². The van der Waals surface area contributed by atoms with Gasteiger partial charge in [0.15, 0.2) is 0 Å². The summed E-state index contributed by atoms with van der Waals surface area (Å²) in [5, 5.41) is 5.14. The van der Waals surface area contributed by atoms with Crippen molar-refractivity contribution in [2.45, 2.75) is 26.4 Å². The fourth-order valence-corrected chi connectivity index (χ4v) is 2.33. The number of nitrogens with one attached hydrogen (secondary N) is 2. The van der Waals surface area contributed by atoms with Gasteiger partial charge in [-0.3, -0.25) is 9.59 Å². The van der Waals surface area contributed by atoms with Crippen LogP contribution in [0, 0.1) is 17.6 Å². The summed E-state index contributed by atoms with van der Waals surface area (Å²) in [7, 11) is 0. The number of carbonyl (C=O) groups is 2. The molecule has 0 unspecified atom stereocenters. The molecule has 0 aliphatic carbocycles. The van der Waals surface area contributed by atoms with Crippen LogP contribution in [0.2, 0.25) is 0 Å². The summed E-state index contributed by atoms with van der Waals surface area (Å²) in [5.74, 6) is -2.43. The Bertz CT molecular complexity index is 763. The maximum absolute atomic E-state index is 13.7. The molecule has 0 fully saturated rings. The average molecular weight is 346 g/mol. The van der Waals surface area contributed by atoms with Gasteiger partial charge in [-0.15, -0.1) is 0 Å². The zero-order valence-corrected chi connectivity index (χ0v) is 14.1. The van der Waals surface area contributed by atoms with Crippen LogP contribution in [0.15, 0.2) is 48.5 Å². The van der Waals surface area contributed by atoms with Gasteiger partial charge in [-0.1, -0.05) is 44.2 Å². The Hall–Kier alpha value is -2.76. The molecule has 0 heterocycles. The van der Waals surface area contributed by atoms with E-state index in [9.17, 15) is 18.4 Å². The number of rotatable bonds is 6. The van der Waals surface area contributed by atoms with Crippen LogP contribution in [0.3, 0.4) is 0 Å². The van der Waals surface area contributed by atoms with Crippen LogP contribution in [0.4, 0.5) is 8.78 Å². The van der Waals surface area contributed by atoms with E-state index in [1.165, 1.54) is 24.3 Å². The first kappa shape index (κ1) is 18.6. The van der Waals surface area contributed by atoms with Crippen molar-refractivity contribution in [2.24, 2.45) is 5.92 Å². The molecular formula is C19H20F2N2O2. The van der Waals surface area contributed by atoms with Crippen LogP contribution in [0.25, 0.3) is 0 Å². The van der Waals surface area contributed by atoms with E-state index in [2.05, 4.69) is 10.6 Å². The van der Waals surface area contributed by atoms with E-state index in [0.717, 1.165) is 0 Å². The van der Waals surface area contributed by atoms with Gasteiger partial charge in [0.1, 0.15) is 17.7 Å². The summed E-state index contributed by atoms with van der Waals surface area (Å²) in [4.78, 5) is 24.6. The van der Waals surface area contributed by atoms with E-state index < -0.39 is 29.5 Å². The van der Waals surface area contributed by atoms with Gasteiger partial charge < -0.3 is 10.6 Å². The minimum atomic E-state index is -0.862. The van der Waals surface area contributed by atoms with Crippen molar-refractivity contribution in [3.8, 4) is 0 Å². The molecule has 1 atom stereocenters. The highest BCUT2D eigenvalue weighted by Crippen LogP contribution is 2.10. The lowest BCUT2D eigenvalue weighted by atomic mass is 10.0. The van der Waals surface area contributed by atoms with Crippen LogP contribution in [0.1, 0.15) is 29.8 Å². The topological polar surface area (TPSA) is 58.2 Å². The second-order valence-corrected chi connectivity index (χ2v) is 5.98. The molecule has 0 aromatic heterocycles. The maximum atomic E-state index is 13.7. The summed E-state index contributed by atoms with van der Waals surface area (Å²) < 4.78 is 27.3. The highest BCUT2D eigenvalue weighted by Gasteiger charge is 2.25. The molecule has 4 nitrogen and oxygen atoms in total. The zero-order chi connectivity index (χ0) is 18.4. The van der Waals surface area contributed by atoms with Crippen LogP contribution in [-0.4, -0.2) is 17.9 Å². The van der Waals surface area contributed by atoms with Crippen LogP contribution >= 0.6 is 0 Å². The lowest BCUT2D eigenvalue weighted by molar-refractivity contribution is -0.124. The molecule has 0 radical (unpaired) electrons. The van der Waals surface area contributed by atoms with Crippen molar-refractivity contribution in [3.63, 3.8) is 0 Å². The molecule has 2 rings (SSSR count). The second-order valence-electron chi connectivity index (χ2n) is 5.98. The summed E-state index contributed by atoms with van der Waals surface area (Å²) in [5.41, 5.74) is 0.217. The van der Waals surface area contributed by atoms with Crippen LogP contribution in [0.5, 0.6) is 0 Å². The molecule has 2 aromatic carbocycles. The van der Waals surface area contributed by atoms with E-state index in [0.29, 0.717) is 5.56 Å². The third-order valence-electron chi connectivity index (χ3n) is 3.77. The maximum Gasteiger partial charge on any atom is 0.254 e. The van der Waals surface area contributed by atoms with E-state index >= 15 is 0 Å². The summed E-state index contributed by atoms with van der Waals surface area (Å²) in [6.07, 6.45) is 0. The van der Waals surface area contributed by atoms with Crippen molar-refractivity contribution in [1.82, 2.24) is 10.6 Å². The van der Waals surface area contributed by atoms with Gasteiger partial charge >= 0.3 is 0 Å². The first-order chi connectivity index (χ1) is 11.9. The average Bonchev–Trinajstić information content (AvgIpc) is 2.58. The van der Waals surface area contributed by atoms with Crippen LogP contribution in [-0.2, 0) is 11.3 Å². The third kappa shape index (κ3) is 4.86. The number of benzene rings is 2. The molecule has 0 aliphatic heterocycles. The molecule has 0 bridgehead atoms. The monoisotopic (exact) mass is 346 g/mol. The Kier molecular flexibility index (Phi) is 6.22. The van der Waals surface area contributed by atoms with Crippen molar-refractivity contribution < 1.29 is 18.4 Å². The highest BCUT2D eigenvalue weighted by molar-refractivity contribution is 5.97. The highest BCUT2D eigenvalue weighted by atomic mass is 19.1. The van der Waals surface area contributed by atoms with Crippen molar-refractivity contribution in [1.29, 1.82) is 0 Å². The third-order valence-corrected chi connectivity index (χ3v) is 3.77. The van der Waals surface area contributed by atoms with E-state index in [-0.39, 0.29) is 18.0 Å². The first-order valence-electron chi connectivity index (χ1n) is 7.96. The Morgan fingerprint density at radius 1 is 0.960 bits per heavy atom. The van der Waals surface area contributed by atoms with Crippen LogP contribution < -0.4 is 10.6 Å². The summed E-state index contributed by atoms with van der Waals surface area (Å²) in [6, 6.07) is 10.8. The number of halogens is 2. The van der Waals surface area contributed by atoms with E-state index in [1.807, 2.05) is 0 Å². The predicted molar refractivity (Wildman–Crippen MR) is 90.7 cm³/mol. The fourth-order valence-electron chi connectivity index (χ4n) is 2.33. The number of hydrogen-bond donors (Lipinski definition) is 2. The molecule has 2 amide bonds. The van der Waals surface area contributed by atoms with Crippen molar-refractivity contribution >= 4 is 11.8 Å². The van der Waals surface area contributed by atoms with Crippen molar-refractivity contribution in [2.75, 3.05) is 0 Å². The molecule has 0 saturated heterocycles. The largest absolute Gasteiger partial charge is 0.350 e. The van der Waals surface area contributed by atoms with Crippen molar-refractivity contribution in [3.05, 3.63) is 71.3 Å². The second kappa shape index (κ2) is 8.37. The number of amides is 2. The Morgan fingerprint density at radius 2 is 1.56 bits per heavy atom. The molecule has 132 valence electrons. The van der Waals surface area contributed by atoms with Gasteiger partial charge in [0.2, 0.25) is 5.91 Å². The minimum absolute atomic E-state index is 0.00426.